The predicted octanol–water partition coefficient (Wildman–Crippen LogP) is 1.34. The Balaban J connectivity index is 2.47. The average molecular weight is 254 g/mol. The zero-order valence-corrected chi connectivity index (χ0v) is 10.8. The van der Waals surface area contributed by atoms with Gasteiger partial charge in [-0.1, -0.05) is 18.2 Å². The summed E-state index contributed by atoms with van der Waals surface area (Å²) < 4.78 is 21.9. The third-order valence-electron chi connectivity index (χ3n) is 2.47. The summed E-state index contributed by atoms with van der Waals surface area (Å²) in [6.45, 7) is 0. The molecule has 1 rings (SSSR count). The molecular weight excluding hydrogens is 236 g/mol. The van der Waals surface area contributed by atoms with E-state index >= 15 is 0 Å². The molecule has 0 saturated heterocycles. The highest BCUT2D eigenvalue weighted by atomic mass is 32.2. The zero-order chi connectivity index (χ0) is 12.9. The van der Waals surface area contributed by atoms with Crippen LogP contribution in [0.3, 0.4) is 0 Å². The maximum Gasteiger partial charge on any atom is 0.147 e. The van der Waals surface area contributed by atoms with E-state index < -0.39 is 9.84 Å². The van der Waals surface area contributed by atoms with Crippen molar-refractivity contribution in [2.24, 2.45) is 5.73 Å². The van der Waals surface area contributed by atoms with E-state index in [0.717, 1.165) is 18.4 Å². The van der Waals surface area contributed by atoms with Crippen LogP contribution >= 0.6 is 0 Å². The molecule has 1 aromatic carbocycles. The number of nitrogens with one attached hydrogen (secondary N) is 1. The molecule has 0 bridgehead atoms. The van der Waals surface area contributed by atoms with Crippen LogP contribution in [0.4, 0.5) is 0 Å². The largest absolute Gasteiger partial charge is 0.384 e. The van der Waals surface area contributed by atoms with Crippen LogP contribution in [0.15, 0.2) is 24.3 Å². The third kappa shape index (κ3) is 5.49. The van der Waals surface area contributed by atoms with Crippen LogP contribution in [-0.4, -0.2) is 26.3 Å². The SMILES string of the molecule is CS(=O)(=O)CCCCc1cccc(C(=N)N)c1. The van der Waals surface area contributed by atoms with Crippen molar-refractivity contribution >= 4 is 15.7 Å². The van der Waals surface area contributed by atoms with Gasteiger partial charge in [-0.05, 0) is 30.9 Å². The Hall–Kier alpha value is -1.36. The molecule has 0 spiro atoms. The number of rotatable bonds is 6. The average Bonchev–Trinajstić information content (AvgIpc) is 2.23. The van der Waals surface area contributed by atoms with Crippen LogP contribution in [0.2, 0.25) is 0 Å². The number of nitrogens with two attached hydrogens (primary N) is 1. The normalized spacial score (nSPS) is 11.4. The first-order valence-electron chi connectivity index (χ1n) is 5.49. The van der Waals surface area contributed by atoms with Crippen LogP contribution in [0, 0.1) is 5.41 Å². The van der Waals surface area contributed by atoms with Gasteiger partial charge in [0.05, 0.1) is 0 Å². The Morgan fingerprint density at radius 1 is 1.35 bits per heavy atom. The molecule has 5 heteroatoms. The van der Waals surface area contributed by atoms with Crippen molar-refractivity contribution in [3.63, 3.8) is 0 Å². The van der Waals surface area contributed by atoms with E-state index in [1.54, 1.807) is 6.07 Å². The second-order valence-corrected chi connectivity index (χ2v) is 6.46. The van der Waals surface area contributed by atoms with Crippen molar-refractivity contribution < 1.29 is 8.42 Å². The van der Waals surface area contributed by atoms with Crippen molar-refractivity contribution in [2.45, 2.75) is 19.3 Å². The lowest BCUT2D eigenvalue weighted by Gasteiger charge is -2.04. The van der Waals surface area contributed by atoms with Crippen molar-refractivity contribution in [2.75, 3.05) is 12.0 Å². The number of unbranched alkanes of at least 4 members (excludes halogenated alkanes) is 1. The monoisotopic (exact) mass is 254 g/mol. The lowest BCUT2D eigenvalue weighted by Crippen LogP contribution is -2.11. The molecule has 0 aliphatic carbocycles. The number of hydrogen-bond acceptors (Lipinski definition) is 3. The number of benzene rings is 1. The number of hydrogen-bond donors (Lipinski definition) is 2. The van der Waals surface area contributed by atoms with Crippen molar-refractivity contribution in [1.82, 2.24) is 0 Å². The first-order chi connectivity index (χ1) is 7.88. The molecule has 0 aliphatic rings. The highest BCUT2D eigenvalue weighted by Gasteiger charge is 2.02. The molecule has 3 N–H and O–H groups in total. The van der Waals surface area contributed by atoms with Crippen LogP contribution in [0.1, 0.15) is 24.0 Å². The molecule has 0 heterocycles. The second kappa shape index (κ2) is 5.82. The Morgan fingerprint density at radius 2 is 2.06 bits per heavy atom. The topological polar surface area (TPSA) is 84.0 Å². The molecule has 4 nitrogen and oxygen atoms in total. The zero-order valence-electron chi connectivity index (χ0n) is 9.94. The molecule has 94 valence electrons. The molecule has 0 aliphatic heterocycles. The van der Waals surface area contributed by atoms with Gasteiger partial charge < -0.3 is 5.73 Å². The van der Waals surface area contributed by atoms with Crippen LogP contribution < -0.4 is 5.73 Å². The molecule has 0 atom stereocenters. The molecule has 0 fully saturated rings. The molecule has 0 aromatic heterocycles. The highest BCUT2D eigenvalue weighted by Crippen LogP contribution is 2.09. The minimum atomic E-state index is -2.85. The van der Waals surface area contributed by atoms with Crippen molar-refractivity contribution in [3.05, 3.63) is 35.4 Å². The van der Waals surface area contributed by atoms with E-state index in [-0.39, 0.29) is 11.6 Å². The van der Waals surface area contributed by atoms with E-state index in [9.17, 15) is 8.42 Å². The summed E-state index contributed by atoms with van der Waals surface area (Å²) in [4.78, 5) is 0. The van der Waals surface area contributed by atoms with Gasteiger partial charge in [-0.15, -0.1) is 0 Å². The summed E-state index contributed by atoms with van der Waals surface area (Å²) in [5, 5.41) is 7.33. The van der Waals surface area contributed by atoms with Gasteiger partial charge in [-0.3, -0.25) is 5.41 Å². The fraction of sp³-hybridized carbons (Fsp3) is 0.417. The Bertz CT molecular complexity index is 495. The Kier molecular flexibility index (Phi) is 4.69. The molecule has 17 heavy (non-hydrogen) atoms. The summed E-state index contributed by atoms with van der Waals surface area (Å²) in [5.74, 6) is 0.294. The fourth-order valence-electron chi connectivity index (χ4n) is 1.59. The summed E-state index contributed by atoms with van der Waals surface area (Å²) in [6, 6.07) is 7.50. The quantitative estimate of drug-likeness (QED) is 0.456. The van der Waals surface area contributed by atoms with Crippen molar-refractivity contribution in [1.29, 1.82) is 5.41 Å². The maximum atomic E-state index is 10.9. The van der Waals surface area contributed by atoms with Gasteiger partial charge in [0.2, 0.25) is 0 Å². The van der Waals surface area contributed by atoms with Gasteiger partial charge in [0, 0.05) is 17.6 Å². The molecule has 0 unspecified atom stereocenters. The van der Waals surface area contributed by atoms with Gasteiger partial charge in [0.15, 0.2) is 0 Å². The molecule has 0 amide bonds. The van der Waals surface area contributed by atoms with E-state index in [2.05, 4.69) is 0 Å². The lowest BCUT2D eigenvalue weighted by atomic mass is 10.1. The van der Waals surface area contributed by atoms with Crippen molar-refractivity contribution in [3.8, 4) is 0 Å². The van der Waals surface area contributed by atoms with Gasteiger partial charge >= 0.3 is 0 Å². The molecular formula is C12H18N2O2S. The smallest absolute Gasteiger partial charge is 0.147 e. The third-order valence-corrected chi connectivity index (χ3v) is 3.50. The van der Waals surface area contributed by atoms with Crippen LogP contribution in [0.5, 0.6) is 0 Å². The summed E-state index contributed by atoms with van der Waals surface area (Å²) in [7, 11) is -2.85. The second-order valence-electron chi connectivity index (χ2n) is 4.20. The number of amidine groups is 1. The summed E-state index contributed by atoms with van der Waals surface area (Å²) >= 11 is 0. The summed E-state index contributed by atoms with van der Waals surface area (Å²) in [6.07, 6.45) is 3.57. The van der Waals surface area contributed by atoms with Gasteiger partial charge in [-0.25, -0.2) is 8.42 Å². The van der Waals surface area contributed by atoms with Crippen LogP contribution in [-0.2, 0) is 16.3 Å². The first kappa shape index (κ1) is 13.7. The standard InChI is InChI=1S/C12H18N2O2S/c1-17(15,16)8-3-2-5-10-6-4-7-11(9-10)12(13)14/h4,6-7,9H,2-3,5,8H2,1H3,(H3,13,14). The minimum absolute atomic E-state index is 0.0583. The fourth-order valence-corrected chi connectivity index (χ4v) is 2.32. The van der Waals surface area contributed by atoms with Gasteiger partial charge in [-0.2, -0.15) is 0 Å². The molecule has 0 saturated carbocycles. The van der Waals surface area contributed by atoms with Gasteiger partial charge in [0.25, 0.3) is 0 Å². The first-order valence-corrected chi connectivity index (χ1v) is 7.55. The molecule has 0 radical (unpaired) electrons. The van der Waals surface area contributed by atoms with E-state index in [1.165, 1.54) is 6.26 Å². The maximum absolute atomic E-state index is 10.9. The number of nitrogen functional groups attached to an aromatic ring is 1. The Labute approximate surface area is 102 Å². The van der Waals surface area contributed by atoms with Crippen LogP contribution in [0.25, 0.3) is 0 Å². The van der Waals surface area contributed by atoms with Gasteiger partial charge in [0.1, 0.15) is 15.7 Å². The summed E-state index contributed by atoms with van der Waals surface area (Å²) in [5.41, 5.74) is 7.20. The predicted molar refractivity (Wildman–Crippen MR) is 70.1 cm³/mol. The number of aryl methyl sites for hydroxylation is 1. The van der Waals surface area contributed by atoms with E-state index in [1.807, 2.05) is 18.2 Å². The molecule has 1 aromatic rings. The van der Waals surface area contributed by atoms with E-state index in [4.69, 9.17) is 11.1 Å². The highest BCUT2D eigenvalue weighted by molar-refractivity contribution is 7.90. The van der Waals surface area contributed by atoms with E-state index in [0.29, 0.717) is 12.0 Å². The number of sulfone groups is 1. The lowest BCUT2D eigenvalue weighted by molar-refractivity contribution is 0.597. The Morgan fingerprint density at radius 3 is 2.65 bits per heavy atom. The minimum Gasteiger partial charge on any atom is -0.384 e.